The van der Waals surface area contributed by atoms with Gasteiger partial charge in [0.15, 0.2) is 17.1 Å². The molecule has 0 atom stereocenters. The van der Waals surface area contributed by atoms with Crippen LogP contribution in [0.5, 0.6) is 5.75 Å². The molecule has 0 aliphatic heterocycles. The molecule has 11 heteroatoms. The van der Waals surface area contributed by atoms with E-state index in [1.54, 1.807) is 30.9 Å². The Morgan fingerprint density at radius 2 is 1.87 bits per heavy atom. The highest BCUT2D eigenvalue weighted by Gasteiger charge is 2.25. The Morgan fingerprint density at radius 1 is 1.00 bits per heavy atom. The number of aromatic amines is 2. The van der Waals surface area contributed by atoms with Crippen LogP contribution < -0.4 is 5.32 Å². The molecule has 10 nitrogen and oxygen atoms in total. The Balaban J connectivity index is 1.27. The number of pyridine rings is 3. The maximum Gasteiger partial charge on any atom is 0.227 e. The smallest absolute Gasteiger partial charge is 0.227 e. The minimum Gasteiger partial charge on any atom is -0.508 e. The predicted molar refractivity (Wildman–Crippen MR) is 143 cm³/mol. The minimum absolute atomic E-state index is 0.0252. The molecule has 1 aliphatic carbocycles. The van der Waals surface area contributed by atoms with Crippen LogP contribution in [0.25, 0.3) is 56.0 Å². The number of nitrogens with one attached hydrogen (secondary N) is 3. The van der Waals surface area contributed by atoms with Gasteiger partial charge in [-0.3, -0.25) is 14.9 Å². The van der Waals surface area contributed by atoms with Crippen LogP contribution in [0.3, 0.4) is 0 Å². The molecule has 5 heterocycles. The predicted octanol–water partition coefficient (Wildman–Crippen LogP) is 5.21. The Kier molecular flexibility index (Phi) is 5.29. The van der Waals surface area contributed by atoms with Crippen molar-refractivity contribution in [1.82, 2.24) is 35.1 Å². The van der Waals surface area contributed by atoms with Crippen LogP contribution in [-0.2, 0) is 4.79 Å². The van der Waals surface area contributed by atoms with Gasteiger partial charge in [0.05, 0.1) is 17.3 Å². The lowest BCUT2D eigenvalue weighted by Gasteiger charge is -2.24. The molecule has 192 valence electrons. The van der Waals surface area contributed by atoms with Crippen molar-refractivity contribution >= 4 is 33.8 Å². The summed E-state index contributed by atoms with van der Waals surface area (Å²) >= 11 is 0. The van der Waals surface area contributed by atoms with Crippen molar-refractivity contribution in [1.29, 1.82) is 0 Å². The van der Waals surface area contributed by atoms with E-state index >= 15 is 0 Å². The summed E-state index contributed by atoms with van der Waals surface area (Å²) in [5.74, 6) is -0.175. The minimum atomic E-state index is -0.552. The largest absolute Gasteiger partial charge is 0.508 e. The molecule has 1 saturated carbocycles. The summed E-state index contributed by atoms with van der Waals surface area (Å²) in [7, 11) is 0. The lowest BCUT2D eigenvalue weighted by atomic mass is 9.85. The van der Waals surface area contributed by atoms with Crippen LogP contribution >= 0.6 is 0 Å². The van der Waals surface area contributed by atoms with E-state index in [1.165, 1.54) is 12.1 Å². The molecule has 6 aromatic rings. The number of aromatic hydroxyl groups is 1. The first-order valence-corrected chi connectivity index (χ1v) is 12.5. The van der Waals surface area contributed by atoms with Crippen molar-refractivity contribution in [3.63, 3.8) is 0 Å². The van der Waals surface area contributed by atoms with E-state index in [4.69, 9.17) is 4.98 Å². The number of H-pyrrole nitrogens is 2. The van der Waals surface area contributed by atoms with Crippen LogP contribution in [-0.4, -0.2) is 46.1 Å². The number of anilines is 1. The second-order valence-corrected chi connectivity index (χ2v) is 9.61. The van der Waals surface area contributed by atoms with Gasteiger partial charge in [0.2, 0.25) is 5.91 Å². The van der Waals surface area contributed by atoms with Crippen molar-refractivity contribution in [3.05, 3.63) is 67.0 Å². The molecule has 1 aromatic carbocycles. The molecule has 0 unspecified atom stereocenters. The van der Waals surface area contributed by atoms with Gasteiger partial charge in [0.25, 0.3) is 0 Å². The number of rotatable bonds is 5. The van der Waals surface area contributed by atoms with Crippen molar-refractivity contribution in [3.8, 4) is 39.5 Å². The molecule has 5 aromatic heterocycles. The second kappa shape index (κ2) is 8.98. The van der Waals surface area contributed by atoms with Crippen molar-refractivity contribution in [2.24, 2.45) is 5.92 Å². The van der Waals surface area contributed by atoms with E-state index < -0.39 is 5.82 Å². The molecule has 0 radical (unpaired) electrons. The monoisotopic (exact) mass is 520 g/mol. The highest BCUT2D eigenvalue weighted by molar-refractivity contribution is 5.97. The van der Waals surface area contributed by atoms with E-state index in [9.17, 15) is 14.3 Å². The van der Waals surface area contributed by atoms with Gasteiger partial charge in [-0.05, 0) is 48.7 Å². The Morgan fingerprint density at radius 3 is 2.69 bits per heavy atom. The van der Waals surface area contributed by atoms with Gasteiger partial charge < -0.3 is 15.4 Å². The summed E-state index contributed by atoms with van der Waals surface area (Å²) in [5.41, 5.74) is 5.42. The molecule has 0 spiro atoms. The molecule has 1 amide bonds. The molecule has 0 saturated heterocycles. The number of imidazole rings is 1. The quantitative estimate of drug-likeness (QED) is 0.244. The molecule has 0 bridgehead atoms. The number of halogens is 1. The Labute approximate surface area is 220 Å². The molecule has 1 aliphatic rings. The van der Waals surface area contributed by atoms with E-state index in [2.05, 4.69) is 35.5 Å². The summed E-state index contributed by atoms with van der Waals surface area (Å²) in [6.07, 6.45) is 9.59. The number of carbonyl (C=O) groups excluding carboxylic acids is 1. The van der Waals surface area contributed by atoms with Gasteiger partial charge in [0, 0.05) is 47.3 Å². The highest BCUT2D eigenvalue weighted by Crippen LogP contribution is 2.34. The fourth-order valence-electron chi connectivity index (χ4n) is 4.81. The zero-order chi connectivity index (χ0) is 26.5. The molecule has 7 rings (SSSR count). The van der Waals surface area contributed by atoms with Gasteiger partial charge >= 0.3 is 0 Å². The van der Waals surface area contributed by atoms with Crippen LogP contribution in [0.15, 0.2) is 61.2 Å². The van der Waals surface area contributed by atoms with Crippen molar-refractivity contribution in [2.45, 2.75) is 19.3 Å². The zero-order valence-corrected chi connectivity index (χ0v) is 20.4. The first-order chi connectivity index (χ1) is 19.0. The maximum atomic E-state index is 14.0. The first-order valence-electron chi connectivity index (χ1n) is 12.5. The average Bonchev–Trinajstić information content (AvgIpc) is 3.50. The number of fused-ring (bicyclic) bond motifs is 2. The number of aromatic nitrogens is 7. The lowest BCUT2D eigenvalue weighted by Crippen LogP contribution is -2.28. The van der Waals surface area contributed by atoms with Crippen LogP contribution in [0.2, 0.25) is 0 Å². The Bertz CT molecular complexity index is 1870. The number of carbonyl (C=O) groups is 1. The van der Waals surface area contributed by atoms with E-state index in [-0.39, 0.29) is 17.6 Å². The van der Waals surface area contributed by atoms with Gasteiger partial charge in [-0.25, -0.2) is 19.3 Å². The first kappa shape index (κ1) is 23.0. The summed E-state index contributed by atoms with van der Waals surface area (Å²) in [4.78, 5) is 33.5. The van der Waals surface area contributed by atoms with E-state index in [0.717, 1.165) is 41.8 Å². The highest BCUT2D eigenvalue weighted by atomic mass is 19.1. The van der Waals surface area contributed by atoms with E-state index in [0.29, 0.717) is 45.1 Å². The summed E-state index contributed by atoms with van der Waals surface area (Å²) in [6.45, 7) is 0. The fourth-order valence-corrected chi connectivity index (χ4v) is 4.81. The molecular weight excluding hydrogens is 499 g/mol. The van der Waals surface area contributed by atoms with Crippen molar-refractivity contribution < 1.29 is 14.3 Å². The molecule has 4 N–H and O–H groups in total. The van der Waals surface area contributed by atoms with Crippen LogP contribution in [0.4, 0.5) is 10.1 Å². The third-order valence-electron chi connectivity index (χ3n) is 7.03. The molecule has 1 fully saturated rings. The normalized spacial score (nSPS) is 13.6. The molecule has 39 heavy (non-hydrogen) atoms. The van der Waals surface area contributed by atoms with Gasteiger partial charge in [-0.2, -0.15) is 5.10 Å². The number of amides is 1. The lowest BCUT2D eigenvalue weighted by molar-refractivity contribution is -0.122. The summed E-state index contributed by atoms with van der Waals surface area (Å²) in [6, 6.07) is 9.38. The third-order valence-corrected chi connectivity index (χ3v) is 7.03. The van der Waals surface area contributed by atoms with Gasteiger partial charge in [-0.1, -0.05) is 6.42 Å². The maximum absolute atomic E-state index is 14.0. The number of benzene rings is 1. The van der Waals surface area contributed by atoms with E-state index in [1.807, 2.05) is 12.1 Å². The number of hydrogen-bond acceptors (Lipinski definition) is 7. The fraction of sp³-hybridized carbons (Fsp3) is 0.143. The number of nitrogens with zero attached hydrogens (tertiary/aromatic N) is 5. The second-order valence-electron chi connectivity index (χ2n) is 9.61. The third kappa shape index (κ3) is 4.13. The topological polar surface area (TPSA) is 145 Å². The number of phenols is 1. The Hall–Kier alpha value is -5.19. The zero-order valence-electron chi connectivity index (χ0n) is 20.4. The van der Waals surface area contributed by atoms with Crippen LogP contribution in [0, 0.1) is 11.7 Å². The van der Waals surface area contributed by atoms with Crippen molar-refractivity contribution in [2.75, 3.05) is 5.32 Å². The van der Waals surface area contributed by atoms with Crippen LogP contribution in [0.1, 0.15) is 19.3 Å². The molecular formula is C28H21FN8O2. The van der Waals surface area contributed by atoms with Gasteiger partial charge in [-0.15, -0.1) is 0 Å². The number of hydrogen-bond donors (Lipinski definition) is 4. The van der Waals surface area contributed by atoms with Gasteiger partial charge in [0.1, 0.15) is 22.8 Å². The summed E-state index contributed by atoms with van der Waals surface area (Å²) in [5, 5.41) is 20.9. The standard InChI is InChI=1S/C28H21FN8O2/c29-18-6-15(8-20(38)10-18)21-4-5-31-26-23(21)34-27(35-26)24-22-9-17(12-32-25(22)37-36-24)16-7-19(13-30-11-16)33-28(39)14-2-1-3-14/h4-14,38H,1-3H2,(H,33,39)(H,31,34,35)(H,32,36,37). The summed E-state index contributed by atoms with van der Waals surface area (Å²) < 4.78 is 14.0. The SMILES string of the molecule is O=C(Nc1cncc(-c2cnc3[nH]nc(-c4nc5c(-c6cc(O)cc(F)c6)ccnc5[nH]4)c3c2)c1)C1CCC1. The number of phenolic OH excluding ortho intramolecular Hbond substituents is 1. The average molecular weight is 521 g/mol.